The summed E-state index contributed by atoms with van der Waals surface area (Å²) < 4.78 is 22.2. The Morgan fingerprint density at radius 3 is 2.30 bits per heavy atom. The zero-order valence-electron chi connectivity index (χ0n) is 18.8. The maximum absolute atomic E-state index is 10.6. The Morgan fingerprint density at radius 2 is 1.61 bits per heavy atom. The highest BCUT2D eigenvalue weighted by atomic mass is 16.7. The van der Waals surface area contributed by atoms with Crippen molar-refractivity contribution in [3.63, 3.8) is 0 Å². The fraction of sp³-hybridized carbons (Fsp3) is 1.00. The average Bonchev–Trinajstić information content (AvgIpc) is 2.79. The summed E-state index contributed by atoms with van der Waals surface area (Å²) in [6, 6.07) is 0. The highest BCUT2D eigenvalue weighted by Gasteiger charge is 2.54. The second kappa shape index (κ2) is 10.7. The van der Waals surface area contributed by atoms with Crippen molar-refractivity contribution in [1.29, 1.82) is 0 Å². The summed E-state index contributed by atoms with van der Waals surface area (Å²) in [5.74, 6) is -0.225. The Morgan fingerprint density at radius 1 is 0.848 bits per heavy atom. The smallest absolute Gasteiger partial charge is 0.187 e. The van der Waals surface area contributed by atoms with Crippen LogP contribution in [0, 0.1) is 11.8 Å². The van der Waals surface area contributed by atoms with Gasteiger partial charge in [0.25, 0.3) is 0 Å². The average molecular weight is 480 g/mol. The Labute approximate surface area is 192 Å². The second-order valence-corrected chi connectivity index (χ2v) is 10.1. The molecule has 9 unspecified atom stereocenters. The SMILES string of the molecule is COC1CC(C2[OH+]C3CC(O)CC(O)C3CC2O[C@@H]2O[C@H](CO)[C@@H](O)[C@H](O)[C@H]2O)CCC1O. The summed E-state index contributed by atoms with van der Waals surface area (Å²) in [5, 5.41) is 71.2. The zero-order valence-corrected chi connectivity index (χ0v) is 18.8. The lowest BCUT2D eigenvalue weighted by molar-refractivity contribution is -0.356. The third-order valence-corrected chi connectivity index (χ3v) is 8.01. The van der Waals surface area contributed by atoms with E-state index < -0.39 is 61.7 Å². The Kier molecular flexibility index (Phi) is 8.29. The quantitative estimate of drug-likeness (QED) is 0.203. The van der Waals surface area contributed by atoms with Crippen molar-refractivity contribution in [3.8, 4) is 0 Å². The second-order valence-electron chi connectivity index (χ2n) is 10.1. The Bertz CT molecular complexity index is 635. The molecule has 2 saturated carbocycles. The third-order valence-electron chi connectivity index (χ3n) is 8.01. The number of hydrogen-bond acceptors (Lipinski definition) is 10. The molecule has 2 aliphatic heterocycles. The van der Waals surface area contributed by atoms with Crippen molar-refractivity contribution in [2.75, 3.05) is 13.7 Å². The summed E-state index contributed by atoms with van der Waals surface area (Å²) in [6.07, 6.45) is -7.48. The molecule has 11 heteroatoms. The van der Waals surface area contributed by atoms with Crippen LogP contribution in [0.4, 0.5) is 0 Å². The molecule has 8 N–H and O–H groups in total. The fourth-order valence-electron chi connectivity index (χ4n) is 6.09. The molecule has 192 valence electrons. The summed E-state index contributed by atoms with van der Waals surface area (Å²) in [6.45, 7) is -0.555. The maximum atomic E-state index is 10.6. The number of aliphatic hydroxyl groups is 9. The maximum Gasteiger partial charge on any atom is 0.187 e. The van der Waals surface area contributed by atoms with E-state index in [-0.39, 0.29) is 36.6 Å². The number of hydrogen-bond donors (Lipinski definition) is 7. The van der Waals surface area contributed by atoms with E-state index in [9.17, 15) is 35.7 Å². The highest BCUT2D eigenvalue weighted by Crippen LogP contribution is 2.42. The van der Waals surface area contributed by atoms with Crippen LogP contribution >= 0.6 is 0 Å². The predicted molar refractivity (Wildman–Crippen MR) is 112 cm³/mol. The molecule has 0 aromatic heterocycles. The molecule has 11 nitrogen and oxygen atoms in total. The van der Waals surface area contributed by atoms with E-state index >= 15 is 0 Å². The number of methoxy groups -OCH3 is 1. The molecule has 2 aliphatic carbocycles. The van der Waals surface area contributed by atoms with E-state index in [1.54, 1.807) is 7.11 Å². The van der Waals surface area contributed by atoms with E-state index in [0.717, 1.165) is 0 Å². The molecule has 0 aromatic carbocycles. The molecule has 2 saturated heterocycles. The summed E-state index contributed by atoms with van der Waals surface area (Å²) in [4.78, 5) is 0. The number of ether oxygens (including phenoxy) is 4. The van der Waals surface area contributed by atoms with Crippen LogP contribution in [0.5, 0.6) is 0 Å². The predicted octanol–water partition coefficient (Wildman–Crippen LogP) is -2.85. The van der Waals surface area contributed by atoms with Gasteiger partial charge >= 0.3 is 0 Å². The van der Waals surface area contributed by atoms with E-state index in [1.807, 2.05) is 0 Å². The molecule has 4 rings (SSSR count). The van der Waals surface area contributed by atoms with Gasteiger partial charge in [-0.25, -0.2) is 0 Å². The molecular weight excluding hydrogens is 440 g/mol. The van der Waals surface area contributed by atoms with Gasteiger partial charge in [-0.3, -0.25) is 0 Å². The van der Waals surface area contributed by atoms with Gasteiger partial charge in [-0.2, -0.15) is 0 Å². The molecule has 0 amide bonds. The normalized spacial score (nSPS) is 53.5. The van der Waals surface area contributed by atoms with Crippen molar-refractivity contribution in [2.24, 2.45) is 11.8 Å². The minimum Gasteiger partial charge on any atom is -0.427 e. The van der Waals surface area contributed by atoms with Gasteiger partial charge in [0.15, 0.2) is 18.5 Å². The molecule has 0 radical (unpaired) electrons. The minimum atomic E-state index is -1.55. The molecule has 4 fully saturated rings. The molecule has 2 heterocycles. The van der Waals surface area contributed by atoms with Crippen LogP contribution in [0.2, 0.25) is 0 Å². The number of aliphatic hydroxyl groups excluding tert-OH is 7. The van der Waals surface area contributed by atoms with Crippen molar-refractivity contribution in [2.45, 2.75) is 112 Å². The van der Waals surface area contributed by atoms with Crippen LogP contribution in [-0.2, 0) is 14.2 Å². The van der Waals surface area contributed by atoms with Gasteiger partial charge < -0.3 is 54.7 Å². The lowest BCUT2D eigenvalue weighted by Gasteiger charge is -2.48. The summed E-state index contributed by atoms with van der Waals surface area (Å²) in [7, 11) is 1.56. The fourth-order valence-corrected chi connectivity index (χ4v) is 6.09. The zero-order chi connectivity index (χ0) is 23.9. The largest absolute Gasteiger partial charge is 0.427 e. The van der Waals surface area contributed by atoms with Gasteiger partial charge in [0.05, 0.1) is 36.9 Å². The van der Waals surface area contributed by atoms with Gasteiger partial charge in [0.1, 0.15) is 30.5 Å². The lowest BCUT2D eigenvalue weighted by atomic mass is 9.72. The third kappa shape index (κ3) is 5.24. The van der Waals surface area contributed by atoms with Gasteiger partial charge in [-0.05, 0) is 25.7 Å². The Balaban J connectivity index is 1.54. The monoisotopic (exact) mass is 479 g/mol. The molecule has 0 aromatic rings. The van der Waals surface area contributed by atoms with Gasteiger partial charge in [-0.1, -0.05) is 0 Å². The van der Waals surface area contributed by atoms with E-state index in [0.29, 0.717) is 32.1 Å². The first-order chi connectivity index (χ1) is 15.7. The summed E-state index contributed by atoms with van der Waals surface area (Å²) >= 11 is 0. The van der Waals surface area contributed by atoms with E-state index in [1.165, 1.54) is 0 Å². The van der Waals surface area contributed by atoms with Crippen molar-refractivity contribution in [1.82, 2.24) is 0 Å². The van der Waals surface area contributed by atoms with Crippen LogP contribution in [0.1, 0.15) is 38.5 Å². The van der Waals surface area contributed by atoms with E-state index in [4.69, 9.17) is 18.9 Å². The van der Waals surface area contributed by atoms with Gasteiger partial charge in [0, 0.05) is 25.9 Å². The van der Waals surface area contributed by atoms with Crippen molar-refractivity contribution >= 4 is 0 Å². The van der Waals surface area contributed by atoms with Crippen molar-refractivity contribution < 1.29 is 54.7 Å². The lowest BCUT2D eigenvalue weighted by Crippen LogP contribution is -2.63. The molecule has 0 spiro atoms. The van der Waals surface area contributed by atoms with Crippen LogP contribution < -0.4 is 0 Å². The first-order valence-corrected chi connectivity index (χ1v) is 12.0. The Hall–Kier alpha value is -0.440. The molecular formula is C22H39O11+. The van der Waals surface area contributed by atoms with Gasteiger partial charge in [0.2, 0.25) is 0 Å². The van der Waals surface area contributed by atoms with Crippen LogP contribution in [0.15, 0.2) is 0 Å². The molecule has 4 aliphatic rings. The van der Waals surface area contributed by atoms with E-state index in [2.05, 4.69) is 0 Å². The molecule has 33 heavy (non-hydrogen) atoms. The van der Waals surface area contributed by atoms with Crippen LogP contribution in [-0.4, -0.2) is 128 Å². The van der Waals surface area contributed by atoms with Gasteiger partial charge in [-0.15, -0.1) is 0 Å². The van der Waals surface area contributed by atoms with Crippen LogP contribution in [0.3, 0.4) is 0 Å². The first kappa shape index (κ1) is 25.6. The first-order valence-electron chi connectivity index (χ1n) is 12.0. The number of fused-ring (bicyclic) bond motifs is 1. The number of rotatable bonds is 5. The van der Waals surface area contributed by atoms with Crippen LogP contribution in [0.25, 0.3) is 0 Å². The standard InChI is InChI=1S/C22H38O11/c1-30-15-4-9(2-3-12(15)25)21-16(7-11-13(26)5-10(24)6-14(11)31-21)32-22-20(29)19(28)18(27)17(8-23)33-22/h9-29H,2-8H2,1H3/p+1/t9?,10?,11?,12?,13?,14?,15?,16?,17-,18-,19+,20-,21?,22-/m1/s1. The topological polar surface area (TPSA) is 182 Å². The van der Waals surface area contributed by atoms with Crippen molar-refractivity contribution in [3.05, 3.63) is 0 Å². The highest BCUT2D eigenvalue weighted by molar-refractivity contribution is 4.98. The molecule has 0 bridgehead atoms. The summed E-state index contributed by atoms with van der Waals surface area (Å²) in [5.41, 5.74) is 0. The minimum absolute atomic E-state index is 0.00500. The molecule has 14 atom stereocenters.